The Morgan fingerprint density at radius 3 is 2.21 bits per heavy atom. The lowest BCUT2D eigenvalue weighted by Crippen LogP contribution is -2.36. The molecule has 0 fully saturated rings. The summed E-state index contributed by atoms with van der Waals surface area (Å²) in [5.74, 6) is -0.522. The van der Waals surface area contributed by atoms with E-state index in [2.05, 4.69) is 10.2 Å². The lowest BCUT2D eigenvalue weighted by atomic mass is 9.96. The molecule has 33 heavy (non-hydrogen) atoms. The number of aromatic nitrogens is 3. The summed E-state index contributed by atoms with van der Waals surface area (Å²) in [7, 11) is 1.59. The highest BCUT2D eigenvalue weighted by atomic mass is 35.5. The van der Waals surface area contributed by atoms with Crippen LogP contribution in [0.15, 0.2) is 42.5 Å². The van der Waals surface area contributed by atoms with E-state index in [9.17, 15) is 18.0 Å². The van der Waals surface area contributed by atoms with Crippen LogP contribution in [0.1, 0.15) is 48.1 Å². The number of carbonyl (C=O) groups is 1. The molecule has 0 saturated heterocycles. The molecule has 0 aliphatic carbocycles. The minimum absolute atomic E-state index is 0.0768. The van der Waals surface area contributed by atoms with Crippen molar-refractivity contribution in [3.05, 3.63) is 70.1 Å². The van der Waals surface area contributed by atoms with Crippen LogP contribution in [0.3, 0.4) is 0 Å². The van der Waals surface area contributed by atoms with Crippen molar-refractivity contribution in [2.24, 2.45) is 5.41 Å². The van der Waals surface area contributed by atoms with Gasteiger partial charge < -0.3 is 9.47 Å². The van der Waals surface area contributed by atoms with E-state index in [-0.39, 0.29) is 39.6 Å². The highest BCUT2D eigenvalue weighted by Crippen LogP contribution is 2.41. The predicted octanol–water partition coefficient (Wildman–Crippen LogP) is 6.09. The lowest BCUT2D eigenvalue weighted by Gasteiger charge is -2.27. The van der Waals surface area contributed by atoms with Crippen LogP contribution < -0.4 is 0 Å². The number of benzene rings is 1. The Balaban J connectivity index is 2.32. The molecule has 0 N–H and O–H groups in total. The predicted molar refractivity (Wildman–Crippen MR) is 122 cm³/mol. The molecule has 0 spiro atoms. The van der Waals surface area contributed by atoms with Crippen molar-refractivity contribution in [3.63, 3.8) is 0 Å². The third-order valence-electron chi connectivity index (χ3n) is 5.11. The third kappa shape index (κ3) is 5.55. The summed E-state index contributed by atoms with van der Waals surface area (Å²) in [6, 6.07) is 11.7. The van der Waals surface area contributed by atoms with E-state index in [0.29, 0.717) is 12.1 Å². The van der Waals surface area contributed by atoms with Gasteiger partial charge in [0.05, 0.1) is 5.69 Å². The Morgan fingerprint density at radius 2 is 1.70 bits per heavy atom. The van der Waals surface area contributed by atoms with Crippen LogP contribution in [0.2, 0.25) is 5.15 Å². The van der Waals surface area contributed by atoms with E-state index in [4.69, 9.17) is 11.6 Å². The maximum absolute atomic E-state index is 14.3. The van der Waals surface area contributed by atoms with Crippen LogP contribution in [-0.2, 0) is 12.7 Å². The molecule has 0 bridgehead atoms. The van der Waals surface area contributed by atoms with Crippen LogP contribution >= 0.6 is 11.6 Å². The summed E-state index contributed by atoms with van der Waals surface area (Å²) in [6.45, 7) is 7.46. The van der Waals surface area contributed by atoms with Crippen molar-refractivity contribution < 1.29 is 18.0 Å². The Morgan fingerprint density at radius 1 is 1.06 bits per heavy atom. The standard InChI is InChI=1S/C24H26ClF3N4O/c1-15-19(17-11-12-18(25)30-29-17)20(22(33)31(5)14-23(2,3)4)32(21(15)24(26,27)28)13-16-9-7-6-8-10-16/h6-12H,13-14H2,1-5H3. The zero-order valence-corrected chi connectivity index (χ0v) is 19.9. The largest absolute Gasteiger partial charge is 0.431 e. The van der Waals surface area contributed by atoms with Gasteiger partial charge in [-0.05, 0) is 35.6 Å². The summed E-state index contributed by atoms with van der Waals surface area (Å²) < 4.78 is 44.0. The number of halogens is 4. The molecule has 2 aromatic heterocycles. The number of nitrogens with zero attached hydrogens (tertiary/aromatic N) is 4. The second-order valence-corrected chi connectivity index (χ2v) is 9.62. The quantitative estimate of drug-likeness (QED) is 0.445. The molecule has 0 radical (unpaired) electrons. The first-order chi connectivity index (χ1) is 15.3. The fraction of sp³-hybridized carbons (Fsp3) is 0.375. The van der Waals surface area contributed by atoms with Crippen molar-refractivity contribution in [1.29, 1.82) is 0 Å². The summed E-state index contributed by atoms with van der Waals surface area (Å²) in [5, 5.41) is 7.89. The summed E-state index contributed by atoms with van der Waals surface area (Å²) in [6.07, 6.45) is -4.69. The van der Waals surface area contributed by atoms with Crippen LogP contribution in [0.5, 0.6) is 0 Å². The van der Waals surface area contributed by atoms with E-state index in [0.717, 1.165) is 4.57 Å². The van der Waals surface area contributed by atoms with Gasteiger partial charge in [0, 0.05) is 25.7 Å². The van der Waals surface area contributed by atoms with Crippen LogP contribution in [0, 0.1) is 12.3 Å². The molecule has 0 unspecified atom stereocenters. The molecule has 1 aromatic carbocycles. The minimum Gasteiger partial charge on any atom is -0.340 e. The first-order valence-corrected chi connectivity index (χ1v) is 10.8. The molecule has 9 heteroatoms. The molecule has 176 valence electrons. The second kappa shape index (κ2) is 9.17. The van der Waals surface area contributed by atoms with Gasteiger partial charge in [0.15, 0.2) is 5.15 Å². The zero-order valence-electron chi connectivity index (χ0n) is 19.2. The van der Waals surface area contributed by atoms with Gasteiger partial charge >= 0.3 is 6.18 Å². The SMILES string of the molecule is Cc1c(-c2ccc(Cl)nn2)c(C(=O)N(C)CC(C)(C)C)n(Cc2ccccc2)c1C(F)(F)F. The Labute approximate surface area is 196 Å². The first-order valence-electron chi connectivity index (χ1n) is 10.4. The first kappa shape index (κ1) is 24.8. The van der Waals surface area contributed by atoms with Crippen molar-refractivity contribution >= 4 is 17.5 Å². The molecular formula is C24H26ClF3N4O. The van der Waals surface area contributed by atoms with E-state index in [1.807, 2.05) is 20.8 Å². The molecule has 5 nitrogen and oxygen atoms in total. The van der Waals surface area contributed by atoms with E-state index >= 15 is 0 Å². The number of hydrogen-bond donors (Lipinski definition) is 0. The van der Waals surface area contributed by atoms with Crippen LogP contribution in [0.4, 0.5) is 13.2 Å². The molecular weight excluding hydrogens is 453 g/mol. The zero-order chi connectivity index (χ0) is 24.6. The van der Waals surface area contributed by atoms with Gasteiger partial charge in [-0.2, -0.15) is 13.2 Å². The average molecular weight is 479 g/mol. The molecule has 0 aliphatic rings. The summed E-state index contributed by atoms with van der Waals surface area (Å²) >= 11 is 5.85. The normalized spacial score (nSPS) is 12.2. The molecule has 0 saturated carbocycles. The number of amides is 1. The fourth-order valence-electron chi connectivity index (χ4n) is 3.98. The van der Waals surface area contributed by atoms with Crippen LogP contribution in [-0.4, -0.2) is 39.2 Å². The average Bonchev–Trinajstić information content (AvgIpc) is 2.99. The molecule has 3 rings (SSSR count). The molecule has 0 aliphatic heterocycles. The van der Waals surface area contributed by atoms with Crippen molar-refractivity contribution in [3.8, 4) is 11.3 Å². The smallest absolute Gasteiger partial charge is 0.340 e. The number of hydrogen-bond acceptors (Lipinski definition) is 3. The van der Waals surface area contributed by atoms with E-state index in [1.165, 1.54) is 24.0 Å². The maximum Gasteiger partial charge on any atom is 0.431 e. The van der Waals surface area contributed by atoms with Crippen molar-refractivity contribution in [1.82, 2.24) is 19.7 Å². The molecule has 2 heterocycles. The van der Waals surface area contributed by atoms with Gasteiger partial charge in [0.25, 0.3) is 5.91 Å². The molecule has 1 amide bonds. The number of carbonyl (C=O) groups excluding carboxylic acids is 1. The third-order valence-corrected chi connectivity index (χ3v) is 5.31. The second-order valence-electron chi connectivity index (χ2n) is 9.23. The highest BCUT2D eigenvalue weighted by Gasteiger charge is 2.42. The van der Waals surface area contributed by atoms with Gasteiger partial charge in [0.1, 0.15) is 11.4 Å². The maximum atomic E-state index is 14.3. The molecule has 0 atom stereocenters. The Kier molecular flexibility index (Phi) is 6.88. The van der Waals surface area contributed by atoms with E-state index < -0.39 is 17.8 Å². The highest BCUT2D eigenvalue weighted by molar-refractivity contribution is 6.29. The monoisotopic (exact) mass is 478 g/mol. The lowest BCUT2D eigenvalue weighted by molar-refractivity contribution is -0.143. The van der Waals surface area contributed by atoms with Gasteiger partial charge in [-0.3, -0.25) is 4.79 Å². The van der Waals surface area contributed by atoms with Gasteiger partial charge in [-0.25, -0.2) is 0 Å². The Bertz CT molecular complexity index is 1130. The minimum atomic E-state index is -4.69. The van der Waals surface area contributed by atoms with Crippen LogP contribution in [0.25, 0.3) is 11.3 Å². The summed E-state index contributed by atoms with van der Waals surface area (Å²) in [4.78, 5) is 15.1. The number of alkyl halides is 3. The fourth-order valence-corrected chi connectivity index (χ4v) is 4.08. The summed E-state index contributed by atoms with van der Waals surface area (Å²) in [5.41, 5.74) is -0.391. The topological polar surface area (TPSA) is 51.0 Å². The number of rotatable bonds is 5. The van der Waals surface area contributed by atoms with Crippen molar-refractivity contribution in [2.75, 3.05) is 13.6 Å². The van der Waals surface area contributed by atoms with Crippen molar-refractivity contribution in [2.45, 2.75) is 40.4 Å². The van der Waals surface area contributed by atoms with Gasteiger partial charge in [0.2, 0.25) is 0 Å². The van der Waals surface area contributed by atoms with Gasteiger partial charge in [-0.1, -0.05) is 62.7 Å². The molecule has 3 aromatic rings. The van der Waals surface area contributed by atoms with E-state index in [1.54, 1.807) is 37.4 Å². The van der Waals surface area contributed by atoms with Gasteiger partial charge in [-0.15, -0.1) is 10.2 Å². The Hall–Kier alpha value is -2.87.